The van der Waals surface area contributed by atoms with E-state index in [1.807, 2.05) is 0 Å². The molecule has 0 aliphatic heterocycles. The average molecular weight is 237 g/mol. The SMILES string of the molecule is NN(c1c(C(=O)O)nc2ccccn12)[N+](=O)[O-]. The van der Waals surface area contributed by atoms with Crippen LogP contribution in [0.3, 0.4) is 0 Å². The summed E-state index contributed by atoms with van der Waals surface area (Å²) in [4.78, 5) is 25.3. The molecule has 88 valence electrons. The first-order valence-electron chi connectivity index (χ1n) is 4.42. The fourth-order valence-electron chi connectivity index (χ4n) is 1.42. The second kappa shape index (κ2) is 3.72. The Balaban J connectivity index is 2.76. The molecule has 2 rings (SSSR count). The number of rotatable bonds is 3. The quantitative estimate of drug-likeness (QED) is 0.433. The van der Waals surface area contributed by atoms with Crippen LogP contribution in [0.2, 0.25) is 0 Å². The molecule has 0 aliphatic carbocycles. The van der Waals surface area contributed by atoms with Gasteiger partial charge in [0.15, 0.2) is 10.7 Å². The number of nitro groups is 1. The van der Waals surface area contributed by atoms with Gasteiger partial charge in [0.25, 0.3) is 0 Å². The number of anilines is 1. The molecule has 9 heteroatoms. The third-order valence-corrected chi connectivity index (χ3v) is 2.10. The molecule has 0 spiro atoms. The van der Waals surface area contributed by atoms with E-state index < -0.39 is 16.7 Å². The predicted molar refractivity (Wildman–Crippen MR) is 55.8 cm³/mol. The van der Waals surface area contributed by atoms with E-state index in [1.165, 1.54) is 16.7 Å². The first-order chi connectivity index (χ1) is 8.02. The normalized spacial score (nSPS) is 10.4. The number of nitrogens with two attached hydrogens (primary N) is 1. The Hall–Kier alpha value is -2.68. The van der Waals surface area contributed by atoms with Gasteiger partial charge in [-0.1, -0.05) is 6.07 Å². The number of carboxylic acids is 1. The van der Waals surface area contributed by atoms with Gasteiger partial charge in [0.1, 0.15) is 5.65 Å². The van der Waals surface area contributed by atoms with Crippen LogP contribution in [-0.2, 0) is 0 Å². The summed E-state index contributed by atoms with van der Waals surface area (Å²) in [5.41, 5.74) is -0.215. The van der Waals surface area contributed by atoms with Crippen LogP contribution in [0, 0.1) is 10.1 Å². The molecule has 2 aromatic rings. The van der Waals surface area contributed by atoms with E-state index >= 15 is 0 Å². The van der Waals surface area contributed by atoms with Crippen molar-refractivity contribution in [2.45, 2.75) is 0 Å². The Bertz CT molecular complexity index is 607. The number of fused-ring (bicyclic) bond motifs is 1. The molecule has 0 bridgehead atoms. The van der Waals surface area contributed by atoms with Crippen molar-refractivity contribution in [3.63, 3.8) is 0 Å². The van der Waals surface area contributed by atoms with Crippen molar-refractivity contribution >= 4 is 17.4 Å². The number of imidazole rings is 1. The molecule has 0 atom stereocenters. The largest absolute Gasteiger partial charge is 0.476 e. The second-order valence-corrected chi connectivity index (χ2v) is 3.10. The molecule has 0 saturated carbocycles. The Labute approximate surface area is 93.8 Å². The highest BCUT2D eigenvalue weighted by atomic mass is 16.7. The lowest BCUT2D eigenvalue weighted by atomic mass is 10.4. The molecular formula is C8H7N5O4. The summed E-state index contributed by atoms with van der Waals surface area (Å²) in [5.74, 6) is 3.50. The number of aromatic carboxylic acids is 1. The van der Waals surface area contributed by atoms with Gasteiger partial charge >= 0.3 is 5.97 Å². The van der Waals surface area contributed by atoms with Crippen LogP contribution >= 0.6 is 0 Å². The van der Waals surface area contributed by atoms with E-state index in [0.29, 0.717) is 0 Å². The Kier molecular flexibility index (Phi) is 2.37. The van der Waals surface area contributed by atoms with Crippen LogP contribution in [0.4, 0.5) is 5.82 Å². The summed E-state index contributed by atoms with van der Waals surface area (Å²) in [6.45, 7) is 0. The van der Waals surface area contributed by atoms with Gasteiger partial charge in [-0.3, -0.25) is 4.40 Å². The smallest absolute Gasteiger partial charge is 0.358 e. The minimum atomic E-state index is -1.39. The Morgan fingerprint density at radius 1 is 1.59 bits per heavy atom. The lowest BCUT2D eigenvalue weighted by Gasteiger charge is -2.07. The monoisotopic (exact) mass is 237 g/mol. The van der Waals surface area contributed by atoms with E-state index in [0.717, 1.165) is 0 Å². The molecule has 2 aromatic heterocycles. The van der Waals surface area contributed by atoms with Crippen molar-refractivity contribution in [2.75, 3.05) is 5.12 Å². The van der Waals surface area contributed by atoms with E-state index in [2.05, 4.69) is 4.98 Å². The van der Waals surface area contributed by atoms with Gasteiger partial charge in [0, 0.05) is 6.20 Å². The highest BCUT2D eigenvalue weighted by Crippen LogP contribution is 2.20. The van der Waals surface area contributed by atoms with Gasteiger partial charge in [-0.05, 0) is 17.3 Å². The lowest BCUT2D eigenvalue weighted by Crippen LogP contribution is -2.38. The van der Waals surface area contributed by atoms with Crippen LogP contribution < -0.4 is 11.0 Å². The third-order valence-electron chi connectivity index (χ3n) is 2.10. The summed E-state index contributed by atoms with van der Waals surface area (Å²) < 4.78 is 1.23. The minimum Gasteiger partial charge on any atom is -0.476 e. The van der Waals surface area contributed by atoms with Crippen molar-refractivity contribution in [1.82, 2.24) is 9.38 Å². The van der Waals surface area contributed by atoms with E-state index in [-0.39, 0.29) is 16.6 Å². The third kappa shape index (κ3) is 1.63. The van der Waals surface area contributed by atoms with Crippen molar-refractivity contribution in [3.05, 3.63) is 40.2 Å². The molecule has 0 radical (unpaired) electrons. The molecule has 9 nitrogen and oxygen atoms in total. The van der Waals surface area contributed by atoms with Gasteiger partial charge in [0.2, 0.25) is 5.82 Å². The molecule has 0 aromatic carbocycles. The molecule has 17 heavy (non-hydrogen) atoms. The molecule has 0 aliphatic rings. The van der Waals surface area contributed by atoms with Gasteiger partial charge in [0.05, 0.1) is 0 Å². The molecule has 0 unspecified atom stereocenters. The molecule has 0 amide bonds. The highest BCUT2D eigenvalue weighted by Gasteiger charge is 2.27. The first-order valence-corrected chi connectivity index (χ1v) is 4.42. The maximum absolute atomic E-state index is 10.9. The van der Waals surface area contributed by atoms with Gasteiger partial charge in [-0.25, -0.2) is 19.9 Å². The fourth-order valence-corrected chi connectivity index (χ4v) is 1.42. The first kappa shape index (κ1) is 10.8. The molecular weight excluding hydrogens is 230 g/mol. The van der Waals surface area contributed by atoms with Crippen molar-refractivity contribution in [2.24, 2.45) is 5.84 Å². The summed E-state index contributed by atoms with van der Waals surface area (Å²) in [6, 6.07) is 4.73. The summed E-state index contributed by atoms with van der Waals surface area (Å²) in [5, 5.41) is 18.7. The summed E-state index contributed by atoms with van der Waals surface area (Å²) in [7, 11) is 0. The van der Waals surface area contributed by atoms with Gasteiger partial charge in [-0.2, -0.15) is 5.84 Å². The number of hydrogen-bond acceptors (Lipinski definition) is 5. The molecule has 3 N–H and O–H groups in total. The zero-order chi connectivity index (χ0) is 12.6. The second-order valence-electron chi connectivity index (χ2n) is 3.10. The molecule has 0 saturated heterocycles. The number of carboxylic acid groups (broad SMARTS) is 1. The number of aromatic nitrogens is 2. The van der Waals surface area contributed by atoms with Gasteiger partial charge in [-0.15, -0.1) is 0 Å². The van der Waals surface area contributed by atoms with Crippen LogP contribution in [0.5, 0.6) is 0 Å². The van der Waals surface area contributed by atoms with Crippen molar-refractivity contribution in [3.8, 4) is 0 Å². The molecule has 2 heterocycles. The fraction of sp³-hybridized carbons (Fsp3) is 0. The number of hydrazine groups is 2. The van der Waals surface area contributed by atoms with E-state index in [9.17, 15) is 14.9 Å². The summed E-state index contributed by atoms with van der Waals surface area (Å²) >= 11 is 0. The topological polar surface area (TPSA) is 127 Å². The maximum Gasteiger partial charge on any atom is 0.358 e. The number of hydrogen-bond donors (Lipinski definition) is 2. The lowest BCUT2D eigenvalue weighted by molar-refractivity contribution is -0.496. The zero-order valence-corrected chi connectivity index (χ0v) is 8.35. The molecule has 0 fully saturated rings. The van der Waals surface area contributed by atoms with E-state index in [4.69, 9.17) is 10.9 Å². The zero-order valence-electron chi connectivity index (χ0n) is 8.35. The highest BCUT2D eigenvalue weighted by molar-refractivity contribution is 5.92. The van der Waals surface area contributed by atoms with Crippen LogP contribution in [0.25, 0.3) is 5.65 Å². The van der Waals surface area contributed by atoms with Crippen molar-refractivity contribution < 1.29 is 14.9 Å². The number of carbonyl (C=O) groups is 1. The van der Waals surface area contributed by atoms with Gasteiger partial charge < -0.3 is 5.11 Å². The van der Waals surface area contributed by atoms with Crippen LogP contribution in [-0.4, -0.2) is 25.5 Å². The number of pyridine rings is 1. The van der Waals surface area contributed by atoms with Crippen LogP contribution in [0.15, 0.2) is 24.4 Å². The van der Waals surface area contributed by atoms with Crippen molar-refractivity contribution in [1.29, 1.82) is 0 Å². The summed E-state index contributed by atoms with van der Waals surface area (Å²) in [6.07, 6.45) is 1.44. The van der Waals surface area contributed by atoms with Crippen LogP contribution in [0.1, 0.15) is 10.5 Å². The Morgan fingerprint density at radius 2 is 2.29 bits per heavy atom. The average Bonchev–Trinajstić information content (AvgIpc) is 2.67. The Morgan fingerprint density at radius 3 is 2.88 bits per heavy atom. The standard InChI is InChI=1S/C8H7N5O4/c9-12(13(16)17)7-6(8(14)15)10-5-3-1-2-4-11(5)7/h1-4H,9H2,(H,14,15). The number of nitrogens with zero attached hydrogens (tertiary/aromatic N) is 4. The predicted octanol–water partition coefficient (Wildman–Crippen LogP) is -0.0957. The van der Waals surface area contributed by atoms with E-state index in [1.54, 1.807) is 12.1 Å². The minimum absolute atomic E-state index is 0.128. The maximum atomic E-state index is 10.9.